The number of carbonyl (C=O) groups excluding carboxylic acids is 2. The lowest BCUT2D eigenvalue weighted by Crippen LogP contribution is -2.29. The maximum Gasteiger partial charge on any atom is 0.261 e. The summed E-state index contributed by atoms with van der Waals surface area (Å²) < 4.78 is 0. The maximum atomic E-state index is 12.8. The van der Waals surface area contributed by atoms with Crippen molar-refractivity contribution in [2.75, 3.05) is 6.54 Å². The van der Waals surface area contributed by atoms with Crippen LogP contribution in [-0.2, 0) is 0 Å². The van der Waals surface area contributed by atoms with Crippen LogP contribution in [0.3, 0.4) is 0 Å². The van der Waals surface area contributed by atoms with E-state index in [1.165, 1.54) is 4.90 Å². The zero-order valence-corrected chi connectivity index (χ0v) is 19.9. The van der Waals surface area contributed by atoms with Gasteiger partial charge in [0, 0.05) is 39.1 Å². The summed E-state index contributed by atoms with van der Waals surface area (Å²) in [4.78, 5) is 56.4. The van der Waals surface area contributed by atoms with E-state index in [0.717, 1.165) is 11.0 Å². The topological polar surface area (TPSA) is 103 Å². The van der Waals surface area contributed by atoms with Crippen molar-refractivity contribution < 1.29 is 9.59 Å². The normalized spacial score (nSPS) is 12.8. The minimum absolute atomic E-state index is 0.0322. The Kier molecular flexibility index (Phi) is 5.19. The van der Waals surface area contributed by atoms with E-state index in [0.29, 0.717) is 50.2 Å². The monoisotopic (exact) mass is 487 g/mol. The van der Waals surface area contributed by atoms with Gasteiger partial charge in [-0.3, -0.25) is 24.1 Å². The fourth-order valence-electron chi connectivity index (χ4n) is 4.87. The van der Waals surface area contributed by atoms with Gasteiger partial charge in [-0.2, -0.15) is 0 Å². The molecule has 0 saturated heterocycles. The number of nitrogens with one attached hydrogen (secondary N) is 2. The van der Waals surface area contributed by atoms with Gasteiger partial charge in [0.25, 0.3) is 11.8 Å². The number of H-pyrrole nitrogens is 2. The first-order chi connectivity index (χ1) is 18.0. The van der Waals surface area contributed by atoms with Crippen LogP contribution in [0.5, 0.6) is 0 Å². The summed E-state index contributed by atoms with van der Waals surface area (Å²) in [7, 11) is 0. The van der Waals surface area contributed by atoms with E-state index in [9.17, 15) is 19.2 Å². The lowest BCUT2D eigenvalue weighted by Gasteiger charge is -2.08. The molecule has 0 saturated carbocycles. The van der Waals surface area contributed by atoms with E-state index in [1.807, 2.05) is 36.4 Å². The molecule has 1 aliphatic rings. The Labute approximate surface area is 210 Å². The van der Waals surface area contributed by atoms with E-state index < -0.39 is 0 Å². The van der Waals surface area contributed by atoms with Gasteiger partial charge in [-0.25, -0.2) is 0 Å². The van der Waals surface area contributed by atoms with Gasteiger partial charge in [-0.05, 0) is 55.5 Å². The number of aromatic amines is 2. The van der Waals surface area contributed by atoms with Gasteiger partial charge in [0.1, 0.15) is 0 Å². The standard InChI is InChI=1S/C20H12N2O2.C10H9NO2/c23-19-11-5-1-3-7-15(11)21-17-10-14-18(9-13(17)19)22-16-8-4-2-6-12(16)20(14)24;1-2-11-9(12)7-5-3-4-6-8(7)10(11)13/h1-10H,(H,21,23)(H,22,24);3-6H,2H2,1H3. The van der Waals surface area contributed by atoms with Crippen LogP contribution in [-0.4, -0.2) is 33.2 Å². The molecule has 37 heavy (non-hydrogen) atoms. The number of para-hydroxylation sites is 2. The number of hydrogen-bond acceptors (Lipinski definition) is 4. The quantitative estimate of drug-likeness (QED) is 0.252. The lowest BCUT2D eigenvalue weighted by molar-refractivity contribution is 0.0663. The predicted molar refractivity (Wildman–Crippen MR) is 145 cm³/mol. The molecule has 2 N–H and O–H groups in total. The summed E-state index contributed by atoms with van der Waals surface area (Å²) >= 11 is 0. The second kappa shape index (κ2) is 8.57. The summed E-state index contributed by atoms with van der Waals surface area (Å²) in [6.45, 7) is 2.23. The summed E-state index contributed by atoms with van der Waals surface area (Å²) in [5.41, 5.74) is 3.87. The molecule has 0 aliphatic carbocycles. The summed E-state index contributed by atoms with van der Waals surface area (Å²) in [5, 5.41) is 2.44. The highest BCUT2D eigenvalue weighted by atomic mass is 16.2. The molecule has 2 amide bonds. The van der Waals surface area contributed by atoms with Crippen molar-refractivity contribution in [3.05, 3.63) is 117 Å². The third-order valence-electron chi connectivity index (χ3n) is 6.72. The zero-order chi connectivity index (χ0) is 25.7. The molecule has 7 rings (SSSR count). The average Bonchev–Trinajstić information content (AvgIpc) is 3.18. The van der Waals surface area contributed by atoms with Crippen molar-refractivity contribution in [2.45, 2.75) is 6.92 Å². The van der Waals surface area contributed by atoms with E-state index in [4.69, 9.17) is 0 Å². The van der Waals surface area contributed by atoms with Crippen LogP contribution in [0.15, 0.2) is 94.5 Å². The Bertz CT molecular complexity index is 1880. The number of carbonyl (C=O) groups is 2. The third-order valence-corrected chi connectivity index (χ3v) is 6.72. The molecule has 180 valence electrons. The first kappa shape index (κ1) is 22.4. The average molecular weight is 488 g/mol. The Morgan fingerprint density at radius 1 is 0.541 bits per heavy atom. The number of fused-ring (bicyclic) bond motifs is 5. The van der Waals surface area contributed by atoms with Crippen molar-refractivity contribution in [2.24, 2.45) is 0 Å². The summed E-state index contributed by atoms with van der Waals surface area (Å²) in [6.07, 6.45) is 0. The zero-order valence-electron chi connectivity index (χ0n) is 19.9. The minimum Gasteiger partial charge on any atom is -0.354 e. The fraction of sp³-hybridized carbons (Fsp3) is 0.0667. The van der Waals surface area contributed by atoms with Crippen molar-refractivity contribution in [3.8, 4) is 0 Å². The van der Waals surface area contributed by atoms with E-state index >= 15 is 0 Å². The van der Waals surface area contributed by atoms with E-state index in [-0.39, 0.29) is 22.7 Å². The van der Waals surface area contributed by atoms with Crippen molar-refractivity contribution in [3.63, 3.8) is 0 Å². The maximum absolute atomic E-state index is 12.8. The largest absolute Gasteiger partial charge is 0.354 e. The Morgan fingerprint density at radius 2 is 0.946 bits per heavy atom. The summed E-state index contributed by atoms with van der Waals surface area (Å²) in [5.74, 6) is -0.355. The molecule has 1 aliphatic heterocycles. The first-order valence-corrected chi connectivity index (χ1v) is 11.9. The van der Waals surface area contributed by atoms with Crippen LogP contribution in [0.25, 0.3) is 43.6 Å². The van der Waals surface area contributed by atoms with E-state index in [1.54, 1.807) is 55.5 Å². The predicted octanol–water partition coefficient (Wildman–Crippen LogP) is 4.98. The second-order valence-electron chi connectivity index (χ2n) is 8.84. The molecule has 0 fully saturated rings. The lowest BCUT2D eigenvalue weighted by atomic mass is 10.1. The van der Waals surface area contributed by atoms with Gasteiger partial charge in [0.15, 0.2) is 10.9 Å². The van der Waals surface area contributed by atoms with E-state index in [2.05, 4.69) is 9.97 Å². The fourth-order valence-corrected chi connectivity index (χ4v) is 4.87. The van der Waals surface area contributed by atoms with Crippen LogP contribution in [0.2, 0.25) is 0 Å². The number of aromatic nitrogens is 2. The molecule has 0 atom stereocenters. The number of benzene rings is 4. The number of imide groups is 1. The minimum atomic E-state index is -0.178. The molecule has 0 bridgehead atoms. The van der Waals surface area contributed by atoms with Crippen LogP contribution in [0.1, 0.15) is 27.6 Å². The first-order valence-electron chi connectivity index (χ1n) is 11.9. The molecule has 7 nitrogen and oxygen atoms in total. The molecular formula is C30H21N3O4. The molecular weight excluding hydrogens is 466 g/mol. The summed E-state index contributed by atoms with van der Waals surface area (Å²) in [6, 6.07) is 25.2. The smallest absolute Gasteiger partial charge is 0.261 e. The highest BCUT2D eigenvalue weighted by Gasteiger charge is 2.33. The molecule has 4 aromatic carbocycles. The van der Waals surface area contributed by atoms with Gasteiger partial charge >= 0.3 is 0 Å². The number of hydrogen-bond donors (Lipinski definition) is 2. The SMILES string of the molecule is CCN1C(=O)c2ccccc2C1=O.O=c1c2ccccc2[nH]c2cc3c(=O)c4ccccc4[nH]c3cc12. The van der Waals surface area contributed by atoms with Crippen molar-refractivity contribution >= 4 is 55.4 Å². The molecule has 0 radical (unpaired) electrons. The molecule has 0 unspecified atom stereocenters. The molecule has 2 aromatic heterocycles. The van der Waals surface area contributed by atoms with Gasteiger partial charge < -0.3 is 9.97 Å². The molecule has 3 heterocycles. The van der Waals surface area contributed by atoms with Crippen LogP contribution < -0.4 is 10.9 Å². The van der Waals surface area contributed by atoms with Crippen LogP contribution in [0.4, 0.5) is 0 Å². The second-order valence-corrected chi connectivity index (χ2v) is 8.84. The Morgan fingerprint density at radius 3 is 1.38 bits per heavy atom. The number of rotatable bonds is 1. The van der Waals surface area contributed by atoms with Gasteiger partial charge in [0.2, 0.25) is 0 Å². The highest BCUT2D eigenvalue weighted by Crippen LogP contribution is 2.22. The van der Waals surface area contributed by atoms with Crippen LogP contribution >= 0.6 is 0 Å². The number of nitrogens with zero attached hydrogens (tertiary/aromatic N) is 1. The number of amides is 2. The number of pyridine rings is 2. The van der Waals surface area contributed by atoms with Gasteiger partial charge in [-0.1, -0.05) is 36.4 Å². The highest BCUT2D eigenvalue weighted by molar-refractivity contribution is 6.21. The molecule has 0 spiro atoms. The third kappa shape index (κ3) is 3.51. The molecule has 7 heteroatoms. The Hall–Kier alpha value is -5.04. The molecule has 6 aromatic rings. The van der Waals surface area contributed by atoms with Crippen molar-refractivity contribution in [1.29, 1.82) is 0 Å². The van der Waals surface area contributed by atoms with Crippen molar-refractivity contribution in [1.82, 2.24) is 14.9 Å². The Balaban J connectivity index is 0.000000164. The van der Waals surface area contributed by atoms with Crippen LogP contribution in [0, 0.1) is 0 Å². The van der Waals surface area contributed by atoms with Gasteiger partial charge in [-0.15, -0.1) is 0 Å². The van der Waals surface area contributed by atoms with Gasteiger partial charge in [0.05, 0.1) is 22.2 Å².